The van der Waals surface area contributed by atoms with E-state index in [1.807, 2.05) is 27.1 Å². The summed E-state index contributed by atoms with van der Waals surface area (Å²) in [5.41, 5.74) is 12.0. The number of rotatable bonds is 8. The number of ether oxygens (including phenoxy) is 1. The lowest BCUT2D eigenvalue weighted by Gasteiger charge is -2.24. The second kappa shape index (κ2) is 8.56. The standard InChI is InChI=1S/C27H30N2O2/c1-19-23(26(28)30)17-21(31-16-15-29(2)3)18-25(19)27(13-14-27)24-12-8-7-11-22(24)20-9-5-4-6-10-20/h4-12,17-18H,13-16H2,1-3H3,(H2,28,30). The third kappa shape index (κ3) is 4.21. The minimum absolute atomic E-state index is 0.123. The van der Waals surface area contributed by atoms with Crippen molar-refractivity contribution in [3.63, 3.8) is 0 Å². The number of hydrogen-bond donors (Lipinski definition) is 1. The van der Waals surface area contributed by atoms with Gasteiger partial charge < -0.3 is 15.4 Å². The zero-order chi connectivity index (χ0) is 22.0. The molecule has 31 heavy (non-hydrogen) atoms. The van der Waals surface area contributed by atoms with Gasteiger partial charge in [-0.1, -0.05) is 54.6 Å². The molecule has 4 heteroatoms. The first-order valence-corrected chi connectivity index (χ1v) is 10.8. The van der Waals surface area contributed by atoms with Crippen molar-refractivity contribution in [2.45, 2.75) is 25.2 Å². The van der Waals surface area contributed by atoms with E-state index in [1.54, 1.807) is 6.07 Å². The fourth-order valence-corrected chi connectivity index (χ4v) is 4.45. The number of hydrogen-bond acceptors (Lipinski definition) is 3. The topological polar surface area (TPSA) is 55.6 Å². The Balaban J connectivity index is 1.81. The predicted octanol–water partition coefficient (Wildman–Crippen LogP) is 4.78. The van der Waals surface area contributed by atoms with Gasteiger partial charge in [-0.2, -0.15) is 0 Å². The van der Waals surface area contributed by atoms with E-state index in [0.717, 1.165) is 30.5 Å². The average molecular weight is 415 g/mol. The highest BCUT2D eigenvalue weighted by Crippen LogP contribution is 2.57. The molecule has 0 radical (unpaired) electrons. The molecule has 0 atom stereocenters. The number of nitrogens with zero attached hydrogens (tertiary/aromatic N) is 1. The second-order valence-electron chi connectivity index (χ2n) is 8.65. The normalized spacial score (nSPS) is 14.5. The van der Waals surface area contributed by atoms with Gasteiger partial charge in [0.2, 0.25) is 5.91 Å². The van der Waals surface area contributed by atoms with Crippen molar-refractivity contribution < 1.29 is 9.53 Å². The minimum atomic E-state index is -0.413. The largest absolute Gasteiger partial charge is 0.492 e. The Kier molecular flexibility index (Phi) is 5.84. The Bertz CT molecular complexity index is 1090. The number of benzene rings is 3. The van der Waals surface area contributed by atoms with Gasteiger partial charge >= 0.3 is 0 Å². The highest BCUT2D eigenvalue weighted by atomic mass is 16.5. The molecule has 0 saturated heterocycles. The number of carbonyl (C=O) groups is 1. The maximum Gasteiger partial charge on any atom is 0.249 e. The van der Waals surface area contributed by atoms with Crippen LogP contribution in [0, 0.1) is 6.92 Å². The summed E-state index contributed by atoms with van der Waals surface area (Å²) in [4.78, 5) is 14.3. The van der Waals surface area contributed by atoms with Gasteiger partial charge in [-0.15, -0.1) is 0 Å². The summed E-state index contributed by atoms with van der Waals surface area (Å²) >= 11 is 0. The van der Waals surface area contributed by atoms with Crippen LogP contribution >= 0.6 is 0 Å². The molecule has 0 heterocycles. The Morgan fingerprint density at radius 2 is 1.68 bits per heavy atom. The van der Waals surface area contributed by atoms with Crippen molar-refractivity contribution in [3.8, 4) is 16.9 Å². The average Bonchev–Trinajstić information content (AvgIpc) is 3.56. The van der Waals surface area contributed by atoms with E-state index in [0.29, 0.717) is 17.9 Å². The van der Waals surface area contributed by atoms with Crippen LogP contribution in [0.15, 0.2) is 66.7 Å². The third-order valence-corrected chi connectivity index (χ3v) is 6.25. The van der Waals surface area contributed by atoms with E-state index in [2.05, 4.69) is 59.5 Å². The molecule has 4 rings (SSSR count). The van der Waals surface area contributed by atoms with Gasteiger partial charge in [0, 0.05) is 17.5 Å². The van der Waals surface area contributed by atoms with E-state index in [1.165, 1.54) is 16.7 Å². The number of amides is 1. The molecule has 0 aliphatic heterocycles. The van der Waals surface area contributed by atoms with Gasteiger partial charge in [-0.25, -0.2) is 0 Å². The molecule has 1 aliphatic carbocycles. The van der Waals surface area contributed by atoms with Crippen LogP contribution in [0.3, 0.4) is 0 Å². The lowest BCUT2D eigenvalue weighted by atomic mass is 9.80. The molecule has 1 aliphatic rings. The molecular weight excluding hydrogens is 384 g/mol. The third-order valence-electron chi connectivity index (χ3n) is 6.25. The lowest BCUT2D eigenvalue weighted by Crippen LogP contribution is -2.21. The first kappa shape index (κ1) is 21.1. The highest BCUT2D eigenvalue weighted by molar-refractivity contribution is 5.95. The zero-order valence-corrected chi connectivity index (χ0v) is 18.5. The van der Waals surface area contributed by atoms with Crippen LogP contribution in [-0.2, 0) is 5.41 Å². The Morgan fingerprint density at radius 1 is 1.00 bits per heavy atom. The first-order chi connectivity index (χ1) is 14.9. The fraction of sp³-hybridized carbons (Fsp3) is 0.296. The maximum atomic E-state index is 12.2. The van der Waals surface area contributed by atoms with Gasteiger partial charge in [0.05, 0.1) is 0 Å². The summed E-state index contributed by atoms with van der Waals surface area (Å²) in [5.74, 6) is 0.295. The molecular formula is C27H30N2O2. The SMILES string of the molecule is Cc1c(C(N)=O)cc(OCCN(C)C)cc1C1(c2ccccc2-c2ccccc2)CC1. The van der Waals surface area contributed by atoms with Crippen LogP contribution in [-0.4, -0.2) is 38.1 Å². The van der Waals surface area contributed by atoms with Crippen LogP contribution in [0.5, 0.6) is 5.75 Å². The van der Waals surface area contributed by atoms with Gasteiger partial charge in [0.25, 0.3) is 0 Å². The van der Waals surface area contributed by atoms with E-state index >= 15 is 0 Å². The van der Waals surface area contributed by atoms with Crippen molar-refractivity contribution >= 4 is 5.91 Å². The van der Waals surface area contributed by atoms with Crippen molar-refractivity contribution in [2.24, 2.45) is 5.73 Å². The maximum absolute atomic E-state index is 12.2. The van der Waals surface area contributed by atoms with Gasteiger partial charge in [0.1, 0.15) is 12.4 Å². The summed E-state index contributed by atoms with van der Waals surface area (Å²) in [6, 6.07) is 23.0. The summed E-state index contributed by atoms with van der Waals surface area (Å²) in [6.45, 7) is 3.36. The fourth-order valence-electron chi connectivity index (χ4n) is 4.45. The van der Waals surface area contributed by atoms with Crippen molar-refractivity contribution in [1.82, 2.24) is 4.90 Å². The summed E-state index contributed by atoms with van der Waals surface area (Å²) in [7, 11) is 4.02. The predicted molar refractivity (Wildman–Crippen MR) is 126 cm³/mol. The molecule has 2 N–H and O–H groups in total. The minimum Gasteiger partial charge on any atom is -0.492 e. The summed E-state index contributed by atoms with van der Waals surface area (Å²) in [5, 5.41) is 0. The van der Waals surface area contributed by atoms with Crippen molar-refractivity contribution in [2.75, 3.05) is 27.2 Å². The van der Waals surface area contributed by atoms with Gasteiger partial charge in [0.15, 0.2) is 0 Å². The van der Waals surface area contributed by atoms with E-state index < -0.39 is 5.91 Å². The molecule has 1 amide bonds. The molecule has 3 aromatic rings. The Hall–Kier alpha value is -3.11. The molecule has 160 valence electrons. The molecule has 1 saturated carbocycles. The highest BCUT2D eigenvalue weighted by Gasteiger charge is 2.48. The first-order valence-electron chi connectivity index (χ1n) is 10.8. The molecule has 3 aromatic carbocycles. The number of carbonyl (C=O) groups excluding carboxylic acids is 1. The zero-order valence-electron chi connectivity index (χ0n) is 18.5. The second-order valence-corrected chi connectivity index (χ2v) is 8.65. The van der Waals surface area contributed by atoms with Crippen LogP contribution in [0.1, 0.15) is 39.9 Å². The molecule has 0 unspecified atom stereocenters. The molecule has 0 bridgehead atoms. The molecule has 0 aromatic heterocycles. The Labute approximate surface area is 184 Å². The molecule has 1 fully saturated rings. The van der Waals surface area contributed by atoms with E-state index in [4.69, 9.17) is 10.5 Å². The van der Waals surface area contributed by atoms with Crippen LogP contribution in [0.4, 0.5) is 0 Å². The Morgan fingerprint density at radius 3 is 2.32 bits per heavy atom. The summed E-state index contributed by atoms with van der Waals surface area (Å²) < 4.78 is 6.03. The van der Waals surface area contributed by atoms with Crippen LogP contribution < -0.4 is 10.5 Å². The van der Waals surface area contributed by atoms with Crippen LogP contribution in [0.25, 0.3) is 11.1 Å². The van der Waals surface area contributed by atoms with E-state index in [-0.39, 0.29) is 5.41 Å². The number of nitrogens with two attached hydrogens (primary N) is 1. The van der Waals surface area contributed by atoms with Gasteiger partial charge in [-0.05, 0) is 73.8 Å². The lowest BCUT2D eigenvalue weighted by molar-refractivity contribution is 0.0999. The van der Waals surface area contributed by atoms with Gasteiger partial charge in [-0.3, -0.25) is 4.79 Å². The quantitative estimate of drug-likeness (QED) is 0.577. The monoisotopic (exact) mass is 414 g/mol. The summed E-state index contributed by atoms with van der Waals surface area (Å²) in [6.07, 6.45) is 2.08. The number of likely N-dealkylation sites (N-methyl/N-ethyl adjacent to an activating group) is 1. The molecule has 4 nitrogen and oxygen atoms in total. The van der Waals surface area contributed by atoms with E-state index in [9.17, 15) is 4.79 Å². The molecule has 0 spiro atoms. The number of primary amides is 1. The van der Waals surface area contributed by atoms with Crippen molar-refractivity contribution in [1.29, 1.82) is 0 Å². The smallest absolute Gasteiger partial charge is 0.249 e. The van der Waals surface area contributed by atoms with Crippen LogP contribution in [0.2, 0.25) is 0 Å². The van der Waals surface area contributed by atoms with Crippen molar-refractivity contribution in [3.05, 3.63) is 89.0 Å².